The molecule has 5 heteroatoms. The molecule has 0 saturated heterocycles. The minimum absolute atomic E-state index is 0.190. The maximum absolute atomic E-state index is 12.5. The van der Waals surface area contributed by atoms with Crippen LogP contribution < -0.4 is 0 Å². The number of nitrogens with zero attached hydrogens (tertiary/aromatic N) is 1. The molecule has 0 unspecified atom stereocenters. The summed E-state index contributed by atoms with van der Waals surface area (Å²) in [5.74, 6) is 0. The highest BCUT2D eigenvalue weighted by atomic mass is 32.2. The van der Waals surface area contributed by atoms with E-state index < -0.39 is 11.7 Å². The van der Waals surface area contributed by atoms with Crippen LogP contribution in [0, 0.1) is 0 Å². The first-order valence-electron chi connectivity index (χ1n) is 7.30. The Bertz CT molecular complexity index is 472. The number of carbonyl (C=O) groups excluding carboxylic acids is 1. The van der Waals surface area contributed by atoms with Gasteiger partial charge in [0, 0.05) is 4.90 Å². The second-order valence-electron chi connectivity index (χ2n) is 6.28. The number of hydrogen-bond donors (Lipinski definition) is 1. The molecule has 1 aliphatic carbocycles. The van der Waals surface area contributed by atoms with Gasteiger partial charge in [-0.1, -0.05) is 18.2 Å². The molecule has 2 atom stereocenters. The number of amides is 1. The lowest BCUT2D eigenvalue weighted by Gasteiger charge is -2.31. The Kier molecular flexibility index (Phi) is 5.17. The first-order chi connectivity index (χ1) is 9.87. The highest BCUT2D eigenvalue weighted by Crippen LogP contribution is 2.34. The van der Waals surface area contributed by atoms with E-state index in [1.807, 2.05) is 51.1 Å². The number of rotatable bonds is 3. The maximum Gasteiger partial charge on any atom is 0.421 e. The van der Waals surface area contributed by atoms with Crippen LogP contribution in [0.2, 0.25) is 0 Å². The Labute approximate surface area is 130 Å². The van der Waals surface area contributed by atoms with Crippen molar-refractivity contribution in [3.05, 3.63) is 30.3 Å². The summed E-state index contributed by atoms with van der Waals surface area (Å²) in [7, 11) is 0. The van der Waals surface area contributed by atoms with Crippen LogP contribution in [0.3, 0.4) is 0 Å². The third-order valence-corrected chi connectivity index (χ3v) is 4.37. The summed E-state index contributed by atoms with van der Waals surface area (Å²) in [6, 6.07) is 9.51. The number of aliphatic hydroxyl groups is 1. The van der Waals surface area contributed by atoms with E-state index in [1.54, 1.807) is 4.31 Å². The summed E-state index contributed by atoms with van der Waals surface area (Å²) in [5, 5.41) is 10.1. The Morgan fingerprint density at radius 2 is 1.95 bits per heavy atom. The molecule has 1 saturated carbocycles. The summed E-state index contributed by atoms with van der Waals surface area (Å²) in [5.41, 5.74) is -0.545. The van der Waals surface area contributed by atoms with Gasteiger partial charge in [-0.25, -0.2) is 9.10 Å². The smallest absolute Gasteiger partial charge is 0.421 e. The van der Waals surface area contributed by atoms with Gasteiger partial charge in [0.05, 0.1) is 12.1 Å². The van der Waals surface area contributed by atoms with Gasteiger partial charge in [0.15, 0.2) is 0 Å². The van der Waals surface area contributed by atoms with Crippen LogP contribution >= 0.6 is 11.9 Å². The molecule has 0 aromatic heterocycles. The van der Waals surface area contributed by atoms with Gasteiger partial charge in [0.1, 0.15) is 5.60 Å². The summed E-state index contributed by atoms with van der Waals surface area (Å²) in [6.07, 6.45) is 1.61. The van der Waals surface area contributed by atoms with Crippen molar-refractivity contribution in [2.75, 3.05) is 0 Å². The monoisotopic (exact) mass is 309 g/mol. The minimum atomic E-state index is -0.545. The molecule has 1 aliphatic rings. The molecular weight excluding hydrogens is 286 g/mol. The third-order valence-electron chi connectivity index (χ3n) is 3.27. The molecule has 1 N–H and O–H groups in total. The van der Waals surface area contributed by atoms with Crippen molar-refractivity contribution in [3.8, 4) is 0 Å². The SMILES string of the molecule is CC(C)(C)OC(=O)N(Sc1ccccc1)[C@@H]1CCC[C@H]1O. The van der Waals surface area contributed by atoms with Gasteiger partial charge >= 0.3 is 6.09 Å². The standard InChI is InChI=1S/C16H23NO3S/c1-16(2,3)20-15(19)17(13-10-7-11-14(13)18)21-12-8-5-4-6-9-12/h4-6,8-9,13-14,18H,7,10-11H2,1-3H3/t13-,14-/m1/s1. The lowest BCUT2D eigenvalue weighted by Crippen LogP contribution is -2.42. The normalized spacial score (nSPS) is 22.1. The molecular formula is C16H23NO3S. The van der Waals surface area contributed by atoms with Crippen LogP contribution in [0.4, 0.5) is 4.79 Å². The van der Waals surface area contributed by atoms with Crippen LogP contribution in [0.15, 0.2) is 35.2 Å². The number of hydrogen-bond acceptors (Lipinski definition) is 4. The van der Waals surface area contributed by atoms with Crippen molar-refractivity contribution in [1.29, 1.82) is 0 Å². The van der Waals surface area contributed by atoms with E-state index in [2.05, 4.69) is 0 Å². The topological polar surface area (TPSA) is 49.8 Å². The summed E-state index contributed by atoms with van der Waals surface area (Å²) in [4.78, 5) is 13.4. The van der Waals surface area contributed by atoms with Gasteiger partial charge < -0.3 is 9.84 Å². The molecule has 1 aromatic rings. The first kappa shape index (κ1) is 16.2. The van der Waals surface area contributed by atoms with Crippen molar-refractivity contribution in [2.24, 2.45) is 0 Å². The fraction of sp³-hybridized carbons (Fsp3) is 0.562. The molecule has 0 bridgehead atoms. The quantitative estimate of drug-likeness (QED) is 0.862. The van der Waals surface area contributed by atoms with E-state index in [0.717, 1.165) is 24.2 Å². The van der Waals surface area contributed by atoms with Crippen molar-refractivity contribution >= 4 is 18.0 Å². The summed E-state index contributed by atoms with van der Waals surface area (Å²) >= 11 is 1.34. The van der Waals surface area contributed by atoms with Crippen LogP contribution in [0.25, 0.3) is 0 Å². The zero-order valence-electron chi connectivity index (χ0n) is 12.8. The maximum atomic E-state index is 12.5. The van der Waals surface area contributed by atoms with Gasteiger partial charge in [0.2, 0.25) is 0 Å². The molecule has 0 radical (unpaired) electrons. The highest BCUT2D eigenvalue weighted by molar-refractivity contribution is 7.97. The Morgan fingerprint density at radius 3 is 2.48 bits per heavy atom. The predicted octanol–water partition coefficient (Wildman–Crippen LogP) is 3.84. The van der Waals surface area contributed by atoms with Crippen LogP contribution in [0.1, 0.15) is 40.0 Å². The average Bonchev–Trinajstić information content (AvgIpc) is 2.81. The molecule has 0 heterocycles. The molecule has 4 nitrogen and oxygen atoms in total. The lowest BCUT2D eigenvalue weighted by atomic mass is 10.2. The zero-order chi connectivity index (χ0) is 15.5. The van der Waals surface area contributed by atoms with Crippen LogP contribution in [0.5, 0.6) is 0 Å². The second-order valence-corrected chi connectivity index (χ2v) is 7.32. The molecule has 21 heavy (non-hydrogen) atoms. The predicted molar refractivity (Wildman–Crippen MR) is 84.0 cm³/mol. The highest BCUT2D eigenvalue weighted by Gasteiger charge is 2.36. The van der Waals surface area contributed by atoms with E-state index in [4.69, 9.17) is 4.74 Å². The molecule has 0 spiro atoms. The van der Waals surface area contributed by atoms with E-state index in [9.17, 15) is 9.90 Å². The Morgan fingerprint density at radius 1 is 1.29 bits per heavy atom. The molecule has 0 aliphatic heterocycles. The molecule has 116 valence electrons. The summed E-state index contributed by atoms with van der Waals surface area (Å²) in [6.45, 7) is 5.55. The van der Waals surface area contributed by atoms with Gasteiger partial charge in [-0.3, -0.25) is 0 Å². The second kappa shape index (κ2) is 6.71. The lowest BCUT2D eigenvalue weighted by molar-refractivity contribution is 0.0255. The number of carbonyl (C=O) groups is 1. The zero-order valence-corrected chi connectivity index (χ0v) is 13.6. The van der Waals surface area contributed by atoms with Gasteiger partial charge in [-0.2, -0.15) is 0 Å². The third kappa shape index (κ3) is 4.64. The molecule has 1 amide bonds. The van der Waals surface area contributed by atoms with Crippen molar-refractivity contribution in [1.82, 2.24) is 4.31 Å². The molecule has 1 fully saturated rings. The van der Waals surface area contributed by atoms with E-state index in [1.165, 1.54) is 11.9 Å². The van der Waals surface area contributed by atoms with Gasteiger partial charge in [-0.15, -0.1) is 0 Å². The summed E-state index contributed by atoms with van der Waals surface area (Å²) < 4.78 is 7.08. The first-order valence-corrected chi connectivity index (χ1v) is 8.07. The fourth-order valence-electron chi connectivity index (χ4n) is 2.34. The van der Waals surface area contributed by atoms with E-state index in [0.29, 0.717) is 0 Å². The van der Waals surface area contributed by atoms with Crippen LogP contribution in [-0.2, 0) is 4.74 Å². The number of aliphatic hydroxyl groups excluding tert-OH is 1. The van der Waals surface area contributed by atoms with Crippen molar-refractivity contribution < 1.29 is 14.6 Å². The van der Waals surface area contributed by atoms with Crippen molar-refractivity contribution in [2.45, 2.75) is 62.7 Å². The Balaban J connectivity index is 2.16. The minimum Gasteiger partial charge on any atom is -0.443 e. The number of ether oxygens (including phenoxy) is 1. The van der Waals surface area contributed by atoms with E-state index in [-0.39, 0.29) is 12.1 Å². The van der Waals surface area contributed by atoms with Crippen molar-refractivity contribution in [3.63, 3.8) is 0 Å². The van der Waals surface area contributed by atoms with Crippen LogP contribution in [-0.4, -0.2) is 33.3 Å². The largest absolute Gasteiger partial charge is 0.443 e. The van der Waals surface area contributed by atoms with Gasteiger partial charge in [0.25, 0.3) is 0 Å². The van der Waals surface area contributed by atoms with E-state index >= 15 is 0 Å². The fourth-order valence-corrected chi connectivity index (χ4v) is 3.34. The molecule has 2 rings (SSSR count). The Hall–Kier alpha value is -1.20. The van der Waals surface area contributed by atoms with Gasteiger partial charge in [-0.05, 0) is 64.1 Å². The molecule has 1 aromatic carbocycles. The average molecular weight is 309 g/mol. The number of benzene rings is 1.